The van der Waals surface area contributed by atoms with Gasteiger partial charge in [0.1, 0.15) is 18.2 Å². The lowest BCUT2D eigenvalue weighted by Crippen LogP contribution is -2.15. The number of carboxylic acids is 1. The molecule has 1 unspecified atom stereocenters. The zero-order valence-corrected chi connectivity index (χ0v) is 16.7. The van der Waals surface area contributed by atoms with Crippen molar-refractivity contribution < 1.29 is 24.1 Å². The summed E-state index contributed by atoms with van der Waals surface area (Å²) in [7, 11) is 0. The zero-order chi connectivity index (χ0) is 19.8. The van der Waals surface area contributed by atoms with Crippen LogP contribution in [-0.2, 0) is 17.8 Å². The summed E-state index contributed by atoms with van der Waals surface area (Å²) in [4.78, 5) is 10.6. The number of thioether (sulfide) groups is 1. The molecule has 1 atom stereocenters. The van der Waals surface area contributed by atoms with E-state index in [2.05, 4.69) is 0 Å². The number of rotatable bonds is 10. The first-order chi connectivity index (χ1) is 12.8. The summed E-state index contributed by atoms with van der Waals surface area (Å²) >= 11 is 13.8. The van der Waals surface area contributed by atoms with Crippen LogP contribution in [-0.4, -0.2) is 33.8 Å². The van der Waals surface area contributed by atoms with Gasteiger partial charge in [-0.05, 0) is 42.0 Å². The van der Waals surface area contributed by atoms with E-state index in [4.69, 9.17) is 33.0 Å². The summed E-state index contributed by atoms with van der Waals surface area (Å²) in [6.07, 6.45) is -0.595. The summed E-state index contributed by atoms with van der Waals surface area (Å²) in [6.45, 7) is 0.244. The number of halogens is 3. The molecule has 8 heteroatoms. The van der Waals surface area contributed by atoms with Gasteiger partial charge in [-0.25, -0.2) is 4.39 Å². The molecule has 146 valence electrons. The summed E-state index contributed by atoms with van der Waals surface area (Å²) in [5.41, 5.74) is 1.59. The fourth-order valence-electron chi connectivity index (χ4n) is 2.35. The number of aliphatic hydroxyl groups is 1. The summed E-state index contributed by atoms with van der Waals surface area (Å²) in [5.74, 6) is 0.157. The first-order valence-corrected chi connectivity index (χ1v) is 10.1. The van der Waals surface area contributed by atoms with Crippen LogP contribution >= 0.6 is 35.0 Å². The molecule has 2 N–H and O–H groups in total. The molecule has 0 spiro atoms. The Balaban J connectivity index is 1.96. The van der Waals surface area contributed by atoms with Gasteiger partial charge >= 0.3 is 5.97 Å². The lowest BCUT2D eigenvalue weighted by molar-refractivity contribution is -0.138. The van der Waals surface area contributed by atoms with Crippen molar-refractivity contribution in [1.82, 2.24) is 0 Å². The first-order valence-electron chi connectivity index (χ1n) is 8.18. The average molecular weight is 433 g/mol. The van der Waals surface area contributed by atoms with Crippen molar-refractivity contribution in [3.05, 3.63) is 63.4 Å². The highest BCUT2D eigenvalue weighted by Crippen LogP contribution is 2.32. The minimum absolute atomic E-state index is 0.244. The number of ether oxygens (including phenoxy) is 1. The van der Waals surface area contributed by atoms with Gasteiger partial charge in [-0.2, -0.15) is 11.8 Å². The Bertz CT molecular complexity index is 771. The van der Waals surface area contributed by atoms with Gasteiger partial charge in [-0.1, -0.05) is 35.3 Å². The molecular formula is C19H19Cl2FO4S. The van der Waals surface area contributed by atoms with Crippen LogP contribution in [0.15, 0.2) is 36.4 Å². The van der Waals surface area contributed by atoms with Crippen molar-refractivity contribution in [2.75, 3.05) is 11.5 Å². The molecule has 0 aliphatic heterocycles. The van der Waals surface area contributed by atoms with Crippen molar-refractivity contribution in [2.45, 2.75) is 25.6 Å². The Morgan fingerprint density at radius 1 is 1.22 bits per heavy atom. The number of aliphatic hydroxyl groups excluding tert-OH is 1. The highest BCUT2D eigenvalue weighted by atomic mass is 35.5. The Labute approximate surface area is 171 Å². The molecule has 0 aliphatic carbocycles. The van der Waals surface area contributed by atoms with Crippen molar-refractivity contribution in [2.24, 2.45) is 0 Å². The fourth-order valence-corrected chi connectivity index (χ4v) is 3.82. The van der Waals surface area contributed by atoms with Crippen LogP contribution in [0.4, 0.5) is 4.39 Å². The van der Waals surface area contributed by atoms with Crippen LogP contribution in [0.3, 0.4) is 0 Å². The second-order valence-corrected chi connectivity index (χ2v) is 7.85. The molecule has 27 heavy (non-hydrogen) atoms. The molecule has 0 radical (unpaired) electrons. The van der Waals surface area contributed by atoms with E-state index in [0.29, 0.717) is 33.7 Å². The Kier molecular flexibility index (Phi) is 8.70. The van der Waals surface area contributed by atoms with Gasteiger partial charge in [0, 0.05) is 21.4 Å². The smallest absolute Gasteiger partial charge is 0.306 e. The number of aliphatic carboxylic acids is 1. The van der Waals surface area contributed by atoms with E-state index in [1.807, 2.05) is 0 Å². The van der Waals surface area contributed by atoms with E-state index in [9.17, 15) is 14.3 Å². The van der Waals surface area contributed by atoms with Crippen LogP contribution in [0.1, 0.15) is 17.5 Å². The third kappa shape index (κ3) is 7.58. The number of carbonyl (C=O) groups is 1. The molecule has 0 fully saturated rings. The average Bonchev–Trinajstić information content (AvgIpc) is 2.59. The van der Waals surface area contributed by atoms with Gasteiger partial charge in [0.05, 0.1) is 12.5 Å². The highest BCUT2D eigenvalue weighted by molar-refractivity contribution is 7.99. The van der Waals surface area contributed by atoms with Crippen molar-refractivity contribution in [1.29, 1.82) is 0 Å². The van der Waals surface area contributed by atoms with E-state index in [0.717, 1.165) is 11.1 Å². The van der Waals surface area contributed by atoms with Crippen LogP contribution in [0.25, 0.3) is 0 Å². The molecule has 0 heterocycles. The summed E-state index contributed by atoms with van der Waals surface area (Å²) in [5, 5.41) is 19.2. The van der Waals surface area contributed by atoms with Crippen molar-refractivity contribution in [3.63, 3.8) is 0 Å². The Hall–Kier alpha value is -1.47. The van der Waals surface area contributed by atoms with Gasteiger partial charge in [-0.15, -0.1) is 0 Å². The predicted octanol–water partition coefficient (Wildman–Crippen LogP) is 4.82. The molecule has 0 saturated carbocycles. The monoisotopic (exact) mass is 432 g/mol. The highest BCUT2D eigenvalue weighted by Gasteiger charge is 2.13. The van der Waals surface area contributed by atoms with Crippen LogP contribution < -0.4 is 4.74 Å². The predicted molar refractivity (Wildman–Crippen MR) is 106 cm³/mol. The maximum Gasteiger partial charge on any atom is 0.306 e. The van der Waals surface area contributed by atoms with E-state index in [1.165, 1.54) is 23.9 Å². The lowest BCUT2D eigenvalue weighted by Gasteiger charge is -2.14. The largest absolute Gasteiger partial charge is 0.489 e. The number of benzene rings is 2. The normalized spacial score (nSPS) is 12.0. The van der Waals surface area contributed by atoms with Gasteiger partial charge in [0.2, 0.25) is 0 Å². The van der Waals surface area contributed by atoms with Gasteiger partial charge in [0.25, 0.3) is 0 Å². The minimum atomic E-state index is -1.03. The molecule has 0 saturated heterocycles. The third-order valence-electron chi connectivity index (χ3n) is 3.64. The van der Waals surface area contributed by atoms with Gasteiger partial charge < -0.3 is 14.9 Å². The quantitative estimate of drug-likeness (QED) is 0.526. The molecule has 4 nitrogen and oxygen atoms in total. The molecule has 0 bridgehead atoms. The molecule has 2 aromatic carbocycles. The van der Waals surface area contributed by atoms with E-state index in [-0.39, 0.29) is 18.8 Å². The van der Waals surface area contributed by atoms with E-state index in [1.54, 1.807) is 24.3 Å². The lowest BCUT2D eigenvalue weighted by atomic mass is 10.1. The first kappa shape index (κ1) is 21.8. The molecule has 2 rings (SSSR count). The minimum Gasteiger partial charge on any atom is -0.489 e. The molecular weight excluding hydrogens is 414 g/mol. The van der Waals surface area contributed by atoms with E-state index >= 15 is 0 Å². The third-order valence-corrected chi connectivity index (χ3v) is 5.31. The maximum absolute atomic E-state index is 13.0. The molecule has 0 aromatic heterocycles. The van der Waals surface area contributed by atoms with Crippen LogP contribution in [0, 0.1) is 5.82 Å². The summed E-state index contributed by atoms with van der Waals surface area (Å²) in [6, 6.07) is 9.32. The topological polar surface area (TPSA) is 66.8 Å². The van der Waals surface area contributed by atoms with Crippen molar-refractivity contribution in [3.8, 4) is 5.75 Å². The number of carboxylic acid groups (broad SMARTS) is 1. The summed E-state index contributed by atoms with van der Waals surface area (Å²) < 4.78 is 18.8. The van der Waals surface area contributed by atoms with Crippen LogP contribution in [0.5, 0.6) is 5.75 Å². The van der Waals surface area contributed by atoms with Gasteiger partial charge in [0.15, 0.2) is 0 Å². The number of hydrogen-bond acceptors (Lipinski definition) is 4. The molecule has 2 aromatic rings. The zero-order valence-electron chi connectivity index (χ0n) is 14.3. The second-order valence-electron chi connectivity index (χ2n) is 5.86. The standard InChI is InChI=1S/C19H19Cl2FO4S/c20-13-7-17(21)16(5-6-27-11-15(23)9-19(24)25)18(8-13)26-10-12-1-3-14(22)4-2-12/h1-4,7-8,15,23H,5-6,9-11H2,(H,24,25). The Morgan fingerprint density at radius 2 is 1.93 bits per heavy atom. The Morgan fingerprint density at radius 3 is 2.59 bits per heavy atom. The maximum atomic E-state index is 13.0. The fraction of sp³-hybridized carbons (Fsp3) is 0.316. The SMILES string of the molecule is O=C(O)CC(O)CSCCc1c(Cl)cc(Cl)cc1OCc1ccc(F)cc1. The van der Waals surface area contributed by atoms with Gasteiger partial charge in [-0.3, -0.25) is 4.79 Å². The molecule has 0 amide bonds. The molecule has 0 aliphatic rings. The van der Waals surface area contributed by atoms with E-state index < -0.39 is 12.1 Å². The van der Waals surface area contributed by atoms with Crippen LogP contribution in [0.2, 0.25) is 10.0 Å². The van der Waals surface area contributed by atoms with Crippen molar-refractivity contribution >= 4 is 40.9 Å². The second kappa shape index (κ2) is 10.8. The number of hydrogen-bond donors (Lipinski definition) is 2.